The lowest BCUT2D eigenvalue weighted by molar-refractivity contribution is -0.196. The second-order valence-electron chi connectivity index (χ2n) is 8.58. The topological polar surface area (TPSA) is 102 Å². The first-order valence-corrected chi connectivity index (χ1v) is 10.8. The number of fused-ring (bicyclic) bond motifs is 4. The van der Waals surface area contributed by atoms with Gasteiger partial charge in [-0.2, -0.15) is 0 Å². The number of likely N-dealkylation sites (N-methyl/N-ethyl adjacent to an activating group) is 2. The number of oxime groups is 2. The number of hydrogen-bond acceptors (Lipinski definition) is 10. The fourth-order valence-electron chi connectivity index (χ4n) is 5.43. The third-order valence-corrected chi connectivity index (χ3v) is 7.27. The summed E-state index contributed by atoms with van der Waals surface area (Å²) in [4.78, 5) is 39.6. The van der Waals surface area contributed by atoms with Crippen LogP contribution in [0.4, 0.5) is 0 Å². The van der Waals surface area contributed by atoms with E-state index in [0.717, 1.165) is 25.7 Å². The molecular weight excluding hydrogens is 416 g/mol. The highest BCUT2D eigenvalue weighted by molar-refractivity contribution is 6.30. The van der Waals surface area contributed by atoms with Crippen molar-refractivity contribution in [2.75, 3.05) is 28.3 Å². The normalized spacial score (nSPS) is 34.5. The van der Waals surface area contributed by atoms with Crippen LogP contribution in [-0.2, 0) is 28.7 Å². The maximum absolute atomic E-state index is 13.0. The third kappa shape index (κ3) is 3.51. The Labute approximate surface area is 187 Å². The smallest absolute Gasteiger partial charge is 0.419 e. The van der Waals surface area contributed by atoms with Crippen LogP contribution >= 0.6 is 0 Å². The van der Waals surface area contributed by atoms with Crippen molar-refractivity contribution in [2.45, 2.75) is 62.1 Å². The molecule has 2 saturated heterocycles. The SMILES string of the molecule is CON=CC1=CCC2CCC1(OC(=O)C(=O)OC13CCC(CC=C1C=NOC)N3C)N2C. The van der Waals surface area contributed by atoms with Crippen LogP contribution in [0.25, 0.3) is 0 Å². The van der Waals surface area contributed by atoms with E-state index in [-0.39, 0.29) is 12.1 Å². The van der Waals surface area contributed by atoms with Crippen LogP contribution in [0.15, 0.2) is 33.6 Å². The van der Waals surface area contributed by atoms with Crippen molar-refractivity contribution in [1.29, 1.82) is 0 Å². The van der Waals surface area contributed by atoms with Gasteiger partial charge in [0.15, 0.2) is 11.4 Å². The minimum atomic E-state index is -1.06. The first kappa shape index (κ1) is 22.5. The van der Waals surface area contributed by atoms with Gasteiger partial charge in [-0.05, 0) is 39.8 Å². The summed E-state index contributed by atoms with van der Waals surface area (Å²) in [6, 6.07) is 0.467. The quantitative estimate of drug-likeness (QED) is 0.262. The van der Waals surface area contributed by atoms with Gasteiger partial charge in [0.2, 0.25) is 0 Å². The largest absolute Gasteiger partial charge is 0.431 e. The Morgan fingerprint density at radius 2 is 1.28 bits per heavy atom. The summed E-state index contributed by atoms with van der Waals surface area (Å²) in [6.07, 6.45) is 11.5. The van der Waals surface area contributed by atoms with E-state index in [0.29, 0.717) is 24.0 Å². The maximum atomic E-state index is 13.0. The Morgan fingerprint density at radius 3 is 1.66 bits per heavy atom. The molecule has 0 N–H and O–H groups in total. The van der Waals surface area contributed by atoms with E-state index >= 15 is 0 Å². The van der Waals surface area contributed by atoms with E-state index in [1.54, 1.807) is 0 Å². The van der Waals surface area contributed by atoms with E-state index in [1.807, 2.05) is 36.0 Å². The maximum Gasteiger partial charge on any atom is 0.419 e. The van der Waals surface area contributed by atoms with Crippen LogP contribution in [0.1, 0.15) is 38.5 Å². The van der Waals surface area contributed by atoms with Crippen LogP contribution < -0.4 is 0 Å². The third-order valence-electron chi connectivity index (χ3n) is 7.27. The van der Waals surface area contributed by atoms with Crippen molar-refractivity contribution in [3.05, 3.63) is 23.3 Å². The van der Waals surface area contributed by atoms with Gasteiger partial charge in [0.05, 0.1) is 12.4 Å². The molecule has 4 heterocycles. The Morgan fingerprint density at radius 1 is 0.875 bits per heavy atom. The second kappa shape index (κ2) is 8.67. The fourth-order valence-corrected chi connectivity index (χ4v) is 5.43. The predicted molar refractivity (Wildman–Crippen MR) is 116 cm³/mol. The van der Waals surface area contributed by atoms with Crippen LogP contribution in [-0.4, -0.2) is 86.0 Å². The molecular formula is C22H30N4O6. The van der Waals surface area contributed by atoms with Gasteiger partial charge in [-0.3, -0.25) is 9.80 Å². The zero-order chi connectivity index (χ0) is 22.9. The fraction of sp³-hybridized carbons (Fsp3) is 0.636. The monoisotopic (exact) mass is 446 g/mol. The van der Waals surface area contributed by atoms with Crippen molar-refractivity contribution in [1.82, 2.24) is 9.80 Å². The van der Waals surface area contributed by atoms with Crippen LogP contribution in [0, 0.1) is 0 Å². The van der Waals surface area contributed by atoms with E-state index in [9.17, 15) is 9.59 Å². The second-order valence-corrected chi connectivity index (χ2v) is 8.58. The van der Waals surface area contributed by atoms with Crippen LogP contribution in [0.2, 0.25) is 0 Å². The molecule has 32 heavy (non-hydrogen) atoms. The predicted octanol–water partition coefficient (Wildman–Crippen LogP) is 1.58. The average molecular weight is 447 g/mol. The van der Waals surface area contributed by atoms with Crippen LogP contribution in [0.3, 0.4) is 0 Å². The molecule has 4 unspecified atom stereocenters. The number of esters is 2. The first-order chi connectivity index (χ1) is 15.4. The lowest BCUT2D eigenvalue weighted by atomic mass is 9.98. The molecule has 10 heteroatoms. The number of nitrogens with zero attached hydrogens (tertiary/aromatic N) is 4. The van der Waals surface area contributed by atoms with Gasteiger partial charge < -0.3 is 19.1 Å². The number of hydrogen-bond donors (Lipinski definition) is 0. The highest BCUT2D eigenvalue weighted by Crippen LogP contribution is 2.46. The lowest BCUT2D eigenvalue weighted by Gasteiger charge is -2.42. The molecule has 4 atom stereocenters. The molecule has 4 bridgehead atoms. The van der Waals surface area contributed by atoms with E-state index in [2.05, 4.69) is 10.3 Å². The zero-order valence-corrected chi connectivity index (χ0v) is 18.9. The molecule has 4 rings (SSSR count). The minimum absolute atomic E-state index is 0.233. The van der Waals surface area contributed by atoms with Gasteiger partial charge in [-0.1, -0.05) is 22.5 Å². The molecule has 0 amide bonds. The Hall–Kier alpha value is -2.72. The molecule has 2 fully saturated rings. The van der Waals surface area contributed by atoms with Gasteiger partial charge in [0, 0.05) is 36.1 Å². The van der Waals surface area contributed by atoms with Crippen molar-refractivity contribution in [3.8, 4) is 0 Å². The first-order valence-electron chi connectivity index (χ1n) is 10.8. The zero-order valence-electron chi connectivity index (χ0n) is 18.9. The summed E-state index contributed by atoms with van der Waals surface area (Å²) in [6.45, 7) is 0. The summed E-state index contributed by atoms with van der Waals surface area (Å²) in [5.41, 5.74) is -0.742. The molecule has 0 saturated carbocycles. The van der Waals surface area contributed by atoms with E-state index < -0.39 is 23.4 Å². The van der Waals surface area contributed by atoms with Gasteiger partial charge >= 0.3 is 11.9 Å². The molecule has 0 spiro atoms. The molecule has 174 valence electrons. The Balaban J connectivity index is 1.55. The molecule has 0 aliphatic carbocycles. The van der Waals surface area contributed by atoms with E-state index in [1.165, 1.54) is 26.6 Å². The van der Waals surface area contributed by atoms with Gasteiger partial charge in [-0.15, -0.1) is 0 Å². The molecule has 0 aromatic rings. The average Bonchev–Trinajstić information content (AvgIpc) is 3.09. The molecule has 0 radical (unpaired) electrons. The number of rotatable bonds is 6. The highest BCUT2D eigenvalue weighted by Gasteiger charge is 2.55. The standard InChI is InChI=1S/C22H30N4O6/c1-25-17-7-5-15(13-23-29-3)21(25,11-9-17)31-19(27)20(28)32-22-12-10-18(26(22)2)8-6-16(22)14-24-30-4/h5-6,13-14,17-18H,7-12H2,1-4H3. The lowest BCUT2D eigenvalue weighted by Crippen LogP contribution is -2.55. The van der Waals surface area contributed by atoms with Crippen LogP contribution in [0.5, 0.6) is 0 Å². The molecule has 4 aliphatic rings. The summed E-state index contributed by atoms with van der Waals surface area (Å²) in [5.74, 6) is -2.06. The Bertz CT molecular complexity index is 827. The summed E-state index contributed by atoms with van der Waals surface area (Å²) in [7, 11) is 6.68. The van der Waals surface area contributed by atoms with Gasteiger partial charge in [0.25, 0.3) is 0 Å². The van der Waals surface area contributed by atoms with Gasteiger partial charge in [-0.25, -0.2) is 9.59 Å². The molecule has 10 nitrogen and oxygen atoms in total. The summed E-state index contributed by atoms with van der Waals surface area (Å²) < 4.78 is 11.7. The van der Waals surface area contributed by atoms with Crippen molar-refractivity contribution >= 4 is 24.4 Å². The summed E-state index contributed by atoms with van der Waals surface area (Å²) in [5, 5.41) is 7.70. The molecule has 4 aliphatic heterocycles. The molecule has 0 aromatic heterocycles. The summed E-state index contributed by atoms with van der Waals surface area (Å²) >= 11 is 0. The minimum Gasteiger partial charge on any atom is -0.431 e. The number of ether oxygens (including phenoxy) is 2. The number of carbonyl (C=O) groups is 2. The molecule has 0 aromatic carbocycles. The number of carbonyl (C=O) groups excluding carboxylic acids is 2. The Kier molecular flexibility index (Phi) is 6.09. The van der Waals surface area contributed by atoms with Crippen molar-refractivity contribution in [3.63, 3.8) is 0 Å². The van der Waals surface area contributed by atoms with Crippen molar-refractivity contribution < 1.29 is 28.7 Å². The van der Waals surface area contributed by atoms with Gasteiger partial charge in [0.1, 0.15) is 14.2 Å². The van der Waals surface area contributed by atoms with Crippen molar-refractivity contribution in [2.24, 2.45) is 10.3 Å². The van der Waals surface area contributed by atoms with E-state index in [4.69, 9.17) is 19.1 Å². The highest BCUT2D eigenvalue weighted by atomic mass is 16.6.